The zero-order valence-corrected chi connectivity index (χ0v) is 18.0. The zero-order valence-electron chi connectivity index (χ0n) is 18.0. The van der Waals surface area contributed by atoms with Crippen molar-refractivity contribution in [2.45, 2.75) is 80.2 Å². The molecule has 0 unspecified atom stereocenters. The number of nitrogens with zero attached hydrogens (tertiary/aromatic N) is 1. The summed E-state index contributed by atoms with van der Waals surface area (Å²) < 4.78 is 0. The topological polar surface area (TPSA) is 37.4 Å². The van der Waals surface area contributed by atoms with Gasteiger partial charge in [0.2, 0.25) is 0 Å². The van der Waals surface area contributed by atoms with E-state index in [1.807, 2.05) is 13.6 Å². The van der Waals surface area contributed by atoms with E-state index in [1.54, 1.807) is 0 Å². The Hall–Kier alpha value is -1.64. The summed E-state index contributed by atoms with van der Waals surface area (Å²) in [6.07, 6.45) is 5.52. The highest BCUT2D eigenvalue weighted by Gasteiger charge is 2.31. The van der Waals surface area contributed by atoms with Crippen LogP contribution in [0, 0.1) is 32.1 Å². The molecule has 0 atom stereocenters. The first-order valence-electron chi connectivity index (χ1n) is 9.64. The Bertz CT molecular complexity index is 543. The molecule has 26 heavy (non-hydrogen) atoms. The van der Waals surface area contributed by atoms with E-state index in [0.717, 1.165) is 6.04 Å². The van der Waals surface area contributed by atoms with Gasteiger partial charge in [0, 0.05) is 18.3 Å². The van der Waals surface area contributed by atoms with Crippen LogP contribution in [0.15, 0.2) is 12.1 Å². The van der Waals surface area contributed by atoms with Crippen LogP contribution in [0.2, 0.25) is 0 Å². The fourth-order valence-corrected chi connectivity index (χ4v) is 3.50. The van der Waals surface area contributed by atoms with Gasteiger partial charge in [-0.05, 0) is 67.7 Å². The Labute approximate surface area is 161 Å². The number of carbonyl (C=O) groups is 2. The minimum atomic E-state index is 0.341. The monoisotopic (exact) mass is 361 g/mol. The molecule has 1 saturated carbocycles. The van der Waals surface area contributed by atoms with Crippen molar-refractivity contribution >= 4 is 19.3 Å². The van der Waals surface area contributed by atoms with Crippen molar-refractivity contribution in [2.75, 3.05) is 11.4 Å². The van der Waals surface area contributed by atoms with E-state index in [0.29, 0.717) is 11.3 Å². The molecule has 0 aliphatic heterocycles. The lowest BCUT2D eigenvalue weighted by Gasteiger charge is -2.41. The molecule has 1 aromatic rings. The van der Waals surface area contributed by atoms with Crippen molar-refractivity contribution in [3.05, 3.63) is 28.8 Å². The molecule has 0 N–H and O–H groups in total. The number of hydrogen-bond donors (Lipinski definition) is 0. The SMILES string of the molecule is C=O.C=O.Cc1cc(C)c(N(CC(C)(C)C(C)C)C2CCCC2)cc1C. The lowest BCUT2D eigenvalue weighted by molar-refractivity contribution is -0.0987. The van der Waals surface area contributed by atoms with Crippen molar-refractivity contribution in [1.82, 2.24) is 0 Å². The van der Waals surface area contributed by atoms with Crippen LogP contribution in [0.1, 0.15) is 70.1 Å². The average molecular weight is 362 g/mol. The maximum absolute atomic E-state index is 8.00. The molecule has 1 aliphatic carbocycles. The van der Waals surface area contributed by atoms with Crippen molar-refractivity contribution in [1.29, 1.82) is 0 Å². The average Bonchev–Trinajstić information content (AvgIpc) is 3.14. The molecule has 3 heteroatoms. The second-order valence-corrected chi connectivity index (χ2v) is 8.43. The van der Waals surface area contributed by atoms with Gasteiger partial charge in [0.05, 0.1) is 0 Å². The van der Waals surface area contributed by atoms with Crippen molar-refractivity contribution < 1.29 is 9.59 Å². The maximum Gasteiger partial charge on any atom is 0.106 e. The smallest absolute Gasteiger partial charge is 0.106 e. The summed E-state index contributed by atoms with van der Waals surface area (Å²) in [5, 5.41) is 0. The molecule has 0 bridgehead atoms. The van der Waals surface area contributed by atoms with E-state index in [2.05, 4.69) is 65.5 Å². The first-order valence-corrected chi connectivity index (χ1v) is 9.64. The van der Waals surface area contributed by atoms with Gasteiger partial charge in [-0.2, -0.15) is 0 Å². The lowest BCUT2D eigenvalue weighted by atomic mass is 9.80. The van der Waals surface area contributed by atoms with Gasteiger partial charge in [0.1, 0.15) is 13.6 Å². The van der Waals surface area contributed by atoms with Crippen LogP contribution in [0.25, 0.3) is 0 Å². The van der Waals surface area contributed by atoms with Crippen LogP contribution in [-0.2, 0) is 9.59 Å². The first kappa shape index (κ1) is 24.4. The Morgan fingerprint density at radius 1 is 0.962 bits per heavy atom. The van der Waals surface area contributed by atoms with Gasteiger partial charge in [-0.3, -0.25) is 0 Å². The predicted octanol–water partition coefficient (Wildman–Crippen LogP) is 5.67. The standard InChI is InChI=1S/C21H35N.2CH2O/c1-15(2)21(6,7)14-22(19-10-8-9-11-19)20-13-17(4)16(3)12-18(20)5;2*1-2/h12-13,15,19H,8-11,14H2,1-7H3;2*1H2. The summed E-state index contributed by atoms with van der Waals surface area (Å²) in [5.41, 5.74) is 6.09. The van der Waals surface area contributed by atoms with Gasteiger partial charge in [0.15, 0.2) is 0 Å². The molecule has 0 amide bonds. The minimum absolute atomic E-state index is 0.341. The van der Waals surface area contributed by atoms with Gasteiger partial charge >= 0.3 is 0 Å². The maximum atomic E-state index is 8.00. The summed E-state index contributed by atoms with van der Waals surface area (Å²) in [5.74, 6) is 0.697. The molecule has 1 aromatic carbocycles. The summed E-state index contributed by atoms with van der Waals surface area (Å²) in [6.45, 7) is 21.5. The molecule has 148 valence electrons. The van der Waals surface area contributed by atoms with Crippen LogP contribution < -0.4 is 4.90 Å². The predicted molar refractivity (Wildman–Crippen MR) is 113 cm³/mol. The number of anilines is 1. The highest BCUT2D eigenvalue weighted by molar-refractivity contribution is 5.58. The molecule has 0 spiro atoms. The fourth-order valence-electron chi connectivity index (χ4n) is 3.50. The largest absolute Gasteiger partial charge is 0.368 e. The summed E-state index contributed by atoms with van der Waals surface area (Å²) in [7, 11) is 0. The van der Waals surface area contributed by atoms with Crippen LogP contribution in [0.5, 0.6) is 0 Å². The fraction of sp³-hybridized carbons (Fsp3) is 0.652. The van der Waals surface area contributed by atoms with E-state index < -0.39 is 0 Å². The summed E-state index contributed by atoms with van der Waals surface area (Å²) in [4.78, 5) is 18.7. The van der Waals surface area contributed by atoms with Crippen LogP contribution in [-0.4, -0.2) is 26.2 Å². The third-order valence-electron chi connectivity index (χ3n) is 6.03. The number of hydrogen-bond acceptors (Lipinski definition) is 3. The highest BCUT2D eigenvalue weighted by atomic mass is 16.1. The van der Waals surface area contributed by atoms with Crippen molar-refractivity contribution in [3.63, 3.8) is 0 Å². The van der Waals surface area contributed by atoms with E-state index in [1.165, 1.54) is 54.6 Å². The number of aryl methyl sites for hydroxylation is 3. The molecule has 1 aliphatic rings. The number of rotatable bonds is 5. The van der Waals surface area contributed by atoms with Crippen molar-refractivity contribution in [3.8, 4) is 0 Å². The van der Waals surface area contributed by atoms with Crippen molar-refractivity contribution in [2.24, 2.45) is 11.3 Å². The van der Waals surface area contributed by atoms with Gasteiger partial charge in [-0.1, -0.05) is 46.6 Å². The number of benzene rings is 1. The first-order chi connectivity index (χ1) is 12.2. The summed E-state index contributed by atoms with van der Waals surface area (Å²) >= 11 is 0. The Morgan fingerprint density at radius 2 is 1.42 bits per heavy atom. The molecule has 3 nitrogen and oxygen atoms in total. The second-order valence-electron chi connectivity index (χ2n) is 8.43. The Morgan fingerprint density at radius 3 is 1.88 bits per heavy atom. The van der Waals surface area contributed by atoms with Crippen LogP contribution in [0.4, 0.5) is 5.69 Å². The molecule has 0 heterocycles. The molecule has 0 saturated heterocycles. The van der Waals surface area contributed by atoms with Crippen LogP contribution >= 0.6 is 0 Å². The van der Waals surface area contributed by atoms with Gasteiger partial charge in [0.25, 0.3) is 0 Å². The third-order valence-corrected chi connectivity index (χ3v) is 6.03. The van der Waals surface area contributed by atoms with E-state index in [9.17, 15) is 0 Å². The Kier molecular flexibility index (Phi) is 10.4. The molecule has 0 aromatic heterocycles. The number of carbonyl (C=O) groups excluding carboxylic acids is 2. The molecular formula is C23H39NO2. The molecule has 0 radical (unpaired) electrons. The Balaban J connectivity index is 0.00000146. The zero-order chi connectivity index (χ0) is 20.5. The minimum Gasteiger partial charge on any atom is -0.368 e. The molecular weight excluding hydrogens is 322 g/mol. The normalized spacial score (nSPS) is 14.3. The highest BCUT2D eigenvalue weighted by Crippen LogP contribution is 2.36. The molecule has 1 fully saturated rings. The summed E-state index contributed by atoms with van der Waals surface area (Å²) in [6, 6.07) is 5.54. The third kappa shape index (κ3) is 6.26. The van der Waals surface area contributed by atoms with Gasteiger partial charge in [-0.25, -0.2) is 0 Å². The van der Waals surface area contributed by atoms with E-state index >= 15 is 0 Å². The van der Waals surface area contributed by atoms with Gasteiger partial charge < -0.3 is 14.5 Å². The molecule has 2 rings (SSSR count). The van der Waals surface area contributed by atoms with E-state index in [-0.39, 0.29) is 0 Å². The quantitative estimate of drug-likeness (QED) is 0.678. The lowest BCUT2D eigenvalue weighted by Crippen LogP contribution is -2.43. The van der Waals surface area contributed by atoms with Crippen LogP contribution in [0.3, 0.4) is 0 Å². The second kappa shape index (κ2) is 11.2. The van der Waals surface area contributed by atoms with E-state index in [4.69, 9.17) is 9.59 Å². The van der Waals surface area contributed by atoms with Gasteiger partial charge in [-0.15, -0.1) is 0 Å².